The van der Waals surface area contributed by atoms with Gasteiger partial charge in [-0.3, -0.25) is 0 Å². The molecular weight excluding hydrogens is 254 g/mol. The Morgan fingerprint density at radius 2 is 1.76 bits per heavy atom. The summed E-state index contributed by atoms with van der Waals surface area (Å²) in [5, 5.41) is 9.30. The van der Waals surface area contributed by atoms with Crippen molar-refractivity contribution in [1.82, 2.24) is 0 Å². The zero-order chi connectivity index (χ0) is 14.7. The van der Waals surface area contributed by atoms with Gasteiger partial charge in [-0.25, -0.2) is 0 Å². The van der Waals surface area contributed by atoms with Crippen LogP contribution in [0.25, 0.3) is 0 Å². The lowest BCUT2D eigenvalue weighted by Gasteiger charge is -2.60. The SMILES string of the molecule is C[C@]12CCC[C@@H]1[C@@H]1CC[C@@H]3C[C@H](C#N)CC[C@]3(C)[C@@H]1CC2. The molecule has 1 heteroatoms. The fraction of sp³-hybridized carbons (Fsp3) is 0.950. The Kier molecular flexibility index (Phi) is 3.18. The fourth-order valence-corrected chi connectivity index (χ4v) is 7.37. The lowest BCUT2D eigenvalue weighted by molar-refractivity contribution is -0.107. The predicted octanol–water partition coefficient (Wildman–Crippen LogP) is 5.56. The fourth-order valence-electron chi connectivity index (χ4n) is 7.37. The molecule has 0 aromatic rings. The van der Waals surface area contributed by atoms with Crippen LogP contribution >= 0.6 is 0 Å². The molecule has 4 aliphatic carbocycles. The number of hydrogen-bond donors (Lipinski definition) is 0. The van der Waals surface area contributed by atoms with Crippen LogP contribution in [0.4, 0.5) is 0 Å². The second kappa shape index (κ2) is 4.74. The molecule has 0 aliphatic heterocycles. The first-order valence-corrected chi connectivity index (χ1v) is 9.46. The highest BCUT2D eigenvalue weighted by Crippen LogP contribution is 2.66. The van der Waals surface area contributed by atoms with Crippen LogP contribution in [-0.2, 0) is 0 Å². The lowest BCUT2D eigenvalue weighted by Crippen LogP contribution is -2.52. The number of fused-ring (bicyclic) bond motifs is 5. The van der Waals surface area contributed by atoms with Crippen molar-refractivity contribution in [2.75, 3.05) is 0 Å². The third-order valence-corrected chi connectivity index (χ3v) is 8.63. The Morgan fingerprint density at radius 3 is 2.57 bits per heavy atom. The van der Waals surface area contributed by atoms with Crippen molar-refractivity contribution in [3.05, 3.63) is 0 Å². The van der Waals surface area contributed by atoms with Crippen LogP contribution in [0.5, 0.6) is 0 Å². The molecule has 1 nitrogen and oxygen atoms in total. The van der Waals surface area contributed by atoms with E-state index < -0.39 is 0 Å². The Hall–Kier alpha value is -0.510. The molecule has 7 atom stereocenters. The van der Waals surface area contributed by atoms with Gasteiger partial charge < -0.3 is 0 Å². The number of nitriles is 1. The van der Waals surface area contributed by atoms with Crippen LogP contribution < -0.4 is 0 Å². The van der Waals surface area contributed by atoms with Crippen LogP contribution in [0.1, 0.15) is 78.1 Å². The topological polar surface area (TPSA) is 23.8 Å². The average Bonchev–Trinajstić information content (AvgIpc) is 2.88. The molecule has 0 saturated heterocycles. The Labute approximate surface area is 130 Å². The monoisotopic (exact) mass is 285 g/mol. The molecule has 0 unspecified atom stereocenters. The maximum atomic E-state index is 9.30. The summed E-state index contributed by atoms with van der Waals surface area (Å²) >= 11 is 0. The predicted molar refractivity (Wildman–Crippen MR) is 85.4 cm³/mol. The molecule has 4 aliphatic rings. The zero-order valence-corrected chi connectivity index (χ0v) is 13.9. The quantitative estimate of drug-likeness (QED) is 0.571. The average molecular weight is 285 g/mol. The summed E-state index contributed by atoms with van der Waals surface area (Å²) < 4.78 is 0. The van der Waals surface area contributed by atoms with Crippen molar-refractivity contribution in [2.24, 2.45) is 40.4 Å². The largest absolute Gasteiger partial charge is 0.198 e. The summed E-state index contributed by atoms with van der Waals surface area (Å²) in [4.78, 5) is 0. The van der Waals surface area contributed by atoms with E-state index in [2.05, 4.69) is 19.9 Å². The van der Waals surface area contributed by atoms with Crippen LogP contribution in [0, 0.1) is 51.8 Å². The van der Waals surface area contributed by atoms with Crippen molar-refractivity contribution < 1.29 is 0 Å². The summed E-state index contributed by atoms with van der Waals surface area (Å²) in [6.07, 6.45) is 14.1. The molecule has 4 saturated carbocycles. The van der Waals surface area contributed by atoms with Gasteiger partial charge in [0.1, 0.15) is 0 Å². The van der Waals surface area contributed by atoms with Gasteiger partial charge in [-0.05, 0) is 92.3 Å². The molecule has 21 heavy (non-hydrogen) atoms. The number of hydrogen-bond acceptors (Lipinski definition) is 1. The highest BCUT2D eigenvalue weighted by Gasteiger charge is 2.57. The summed E-state index contributed by atoms with van der Waals surface area (Å²) in [6.45, 7) is 5.21. The minimum atomic E-state index is 0.361. The Morgan fingerprint density at radius 1 is 0.905 bits per heavy atom. The first kappa shape index (κ1) is 14.1. The van der Waals surface area contributed by atoms with Gasteiger partial charge in [0.2, 0.25) is 0 Å². The first-order valence-electron chi connectivity index (χ1n) is 9.46. The van der Waals surface area contributed by atoms with Gasteiger partial charge in [-0.15, -0.1) is 0 Å². The highest BCUT2D eigenvalue weighted by atomic mass is 14.6. The number of rotatable bonds is 0. The second-order valence-corrected chi connectivity index (χ2v) is 9.34. The van der Waals surface area contributed by atoms with Gasteiger partial charge in [0.15, 0.2) is 0 Å². The Balaban J connectivity index is 1.60. The molecule has 0 heterocycles. The van der Waals surface area contributed by atoms with E-state index >= 15 is 0 Å². The van der Waals surface area contributed by atoms with E-state index in [0.717, 1.165) is 23.7 Å². The first-order chi connectivity index (χ1) is 10.1. The molecule has 0 amide bonds. The third-order valence-electron chi connectivity index (χ3n) is 8.63. The molecule has 116 valence electrons. The summed E-state index contributed by atoms with van der Waals surface area (Å²) in [7, 11) is 0. The van der Waals surface area contributed by atoms with Gasteiger partial charge in [-0.2, -0.15) is 5.26 Å². The standard InChI is InChI=1S/C20H31N/c1-19-9-3-4-17(19)16-6-5-15-12-14(13-21)7-11-20(15,2)18(16)8-10-19/h14-18H,3-12H2,1-2H3/t14-,15-,16+,17-,18-,19-,20+/m1/s1. The highest BCUT2D eigenvalue weighted by molar-refractivity contribution is 5.08. The molecule has 4 fully saturated rings. The summed E-state index contributed by atoms with van der Waals surface area (Å²) in [5.74, 6) is 4.24. The van der Waals surface area contributed by atoms with E-state index in [1.54, 1.807) is 0 Å². The summed E-state index contributed by atoms with van der Waals surface area (Å²) in [5.41, 5.74) is 1.26. The molecule has 0 N–H and O–H groups in total. The van der Waals surface area contributed by atoms with Crippen molar-refractivity contribution >= 4 is 0 Å². The van der Waals surface area contributed by atoms with Crippen LogP contribution in [-0.4, -0.2) is 0 Å². The number of nitrogens with zero attached hydrogens (tertiary/aromatic N) is 1. The van der Waals surface area contributed by atoms with E-state index in [1.165, 1.54) is 64.2 Å². The molecule has 0 spiro atoms. The molecule has 0 aromatic heterocycles. The maximum Gasteiger partial charge on any atom is 0.0655 e. The van der Waals surface area contributed by atoms with E-state index in [-0.39, 0.29) is 0 Å². The van der Waals surface area contributed by atoms with Crippen molar-refractivity contribution in [3.8, 4) is 6.07 Å². The van der Waals surface area contributed by atoms with E-state index in [0.29, 0.717) is 16.7 Å². The molecule has 0 bridgehead atoms. The maximum absolute atomic E-state index is 9.30. The van der Waals surface area contributed by atoms with Gasteiger partial charge in [0.25, 0.3) is 0 Å². The molecule has 4 rings (SSSR count). The van der Waals surface area contributed by atoms with E-state index in [1.807, 2.05) is 0 Å². The van der Waals surface area contributed by atoms with Crippen molar-refractivity contribution in [2.45, 2.75) is 78.1 Å². The van der Waals surface area contributed by atoms with Gasteiger partial charge in [0.05, 0.1) is 6.07 Å². The van der Waals surface area contributed by atoms with E-state index in [9.17, 15) is 5.26 Å². The second-order valence-electron chi connectivity index (χ2n) is 9.34. The summed E-state index contributed by atoms with van der Waals surface area (Å²) in [6, 6.07) is 2.57. The molecule has 0 radical (unpaired) electrons. The molecule has 0 aromatic carbocycles. The normalized spacial score (nSPS) is 56.0. The van der Waals surface area contributed by atoms with Crippen molar-refractivity contribution in [3.63, 3.8) is 0 Å². The van der Waals surface area contributed by atoms with E-state index in [4.69, 9.17) is 0 Å². The van der Waals surface area contributed by atoms with Crippen molar-refractivity contribution in [1.29, 1.82) is 5.26 Å². The van der Waals surface area contributed by atoms with Crippen LogP contribution in [0.15, 0.2) is 0 Å². The smallest absolute Gasteiger partial charge is 0.0655 e. The van der Waals surface area contributed by atoms with Crippen LogP contribution in [0.2, 0.25) is 0 Å². The minimum Gasteiger partial charge on any atom is -0.198 e. The third kappa shape index (κ3) is 1.94. The molecular formula is C20H31N. The Bertz CT molecular complexity index is 463. The van der Waals surface area contributed by atoms with Gasteiger partial charge in [0, 0.05) is 5.92 Å². The van der Waals surface area contributed by atoms with Gasteiger partial charge in [-0.1, -0.05) is 20.3 Å². The lowest BCUT2D eigenvalue weighted by atomic mass is 9.45. The zero-order valence-electron chi connectivity index (χ0n) is 13.9. The van der Waals surface area contributed by atoms with Gasteiger partial charge >= 0.3 is 0 Å². The minimum absolute atomic E-state index is 0.361. The van der Waals surface area contributed by atoms with Crippen LogP contribution in [0.3, 0.4) is 0 Å².